The minimum atomic E-state index is -2.21. The molecule has 1 aromatic heterocycles. The Labute approximate surface area is 136 Å². The molecule has 1 rings (SSSR count). The fourth-order valence-corrected chi connectivity index (χ4v) is 2.15. The monoisotopic (exact) mass is 350 g/mol. The molecule has 24 heavy (non-hydrogen) atoms. The van der Waals surface area contributed by atoms with Crippen LogP contribution in [0.2, 0.25) is 0 Å². The van der Waals surface area contributed by atoms with Gasteiger partial charge in [0.05, 0.1) is 25.6 Å². The Morgan fingerprint density at radius 2 is 1.46 bits per heavy atom. The average Bonchev–Trinajstić information content (AvgIpc) is 3.12. The maximum Gasteiger partial charge on any atom is 0.177 e. The molecule has 8 N–H and O–H groups in total. The topological polar surface area (TPSA) is 192 Å². The van der Waals surface area contributed by atoms with Crippen molar-refractivity contribution in [1.29, 1.82) is 0 Å². The standard InChI is InChI=1S/C14H22O10/c15-4-6(17)10(19)12(21)9(8-2-1-3-24-8)13(22)14(23)11(20)7(18)5-16/h1-3,6-7,9-12,14-21,23H,4-5H2/t6?,7-,9?,10?,11+,12?,14-/m0/s1. The van der Waals surface area contributed by atoms with Crippen LogP contribution in [0.4, 0.5) is 0 Å². The van der Waals surface area contributed by atoms with E-state index in [2.05, 4.69) is 0 Å². The van der Waals surface area contributed by atoms with Crippen LogP contribution < -0.4 is 0 Å². The van der Waals surface area contributed by atoms with Gasteiger partial charge in [-0.25, -0.2) is 0 Å². The Morgan fingerprint density at radius 3 is 1.92 bits per heavy atom. The maximum atomic E-state index is 12.4. The van der Waals surface area contributed by atoms with Gasteiger partial charge in [-0.1, -0.05) is 0 Å². The summed E-state index contributed by atoms with van der Waals surface area (Å²) >= 11 is 0. The Balaban J connectivity index is 3.08. The van der Waals surface area contributed by atoms with Crippen molar-refractivity contribution < 1.29 is 50.1 Å². The molecular weight excluding hydrogens is 328 g/mol. The molecule has 0 bridgehead atoms. The normalized spacial score (nSPS) is 20.7. The van der Waals surface area contributed by atoms with E-state index in [0.717, 1.165) is 6.26 Å². The lowest BCUT2D eigenvalue weighted by molar-refractivity contribution is -0.149. The lowest BCUT2D eigenvalue weighted by atomic mass is 9.85. The highest BCUT2D eigenvalue weighted by molar-refractivity contribution is 5.90. The summed E-state index contributed by atoms with van der Waals surface area (Å²) in [5, 5.41) is 75.7. The Kier molecular flexibility index (Phi) is 7.93. The second kappa shape index (κ2) is 9.20. The van der Waals surface area contributed by atoms with Gasteiger partial charge in [-0.05, 0) is 12.1 Å². The first-order valence-corrected chi connectivity index (χ1v) is 7.13. The van der Waals surface area contributed by atoms with Gasteiger partial charge in [0.25, 0.3) is 0 Å². The van der Waals surface area contributed by atoms with Crippen molar-refractivity contribution >= 4 is 5.78 Å². The molecule has 10 nitrogen and oxygen atoms in total. The molecule has 0 radical (unpaired) electrons. The molecule has 0 saturated carbocycles. The Bertz CT molecular complexity index is 490. The van der Waals surface area contributed by atoms with E-state index >= 15 is 0 Å². The number of aliphatic hydroxyl groups excluding tert-OH is 8. The van der Waals surface area contributed by atoms with Crippen LogP contribution in [0.3, 0.4) is 0 Å². The number of ketones is 1. The van der Waals surface area contributed by atoms with Gasteiger partial charge >= 0.3 is 0 Å². The van der Waals surface area contributed by atoms with Crippen LogP contribution in [0.1, 0.15) is 11.7 Å². The van der Waals surface area contributed by atoms with Crippen molar-refractivity contribution in [3.63, 3.8) is 0 Å². The summed E-state index contributed by atoms with van der Waals surface area (Å²) in [6.07, 6.45) is -10.6. The summed E-state index contributed by atoms with van der Waals surface area (Å²) in [5.74, 6) is -3.10. The molecule has 0 aliphatic rings. The lowest BCUT2D eigenvalue weighted by Crippen LogP contribution is -2.50. The van der Waals surface area contributed by atoms with E-state index in [9.17, 15) is 35.4 Å². The van der Waals surface area contributed by atoms with Gasteiger partial charge in [-0.3, -0.25) is 4.79 Å². The number of aliphatic hydroxyl groups is 8. The van der Waals surface area contributed by atoms with Crippen LogP contribution in [0.15, 0.2) is 22.8 Å². The van der Waals surface area contributed by atoms with Gasteiger partial charge in [-0.15, -0.1) is 0 Å². The summed E-state index contributed by atoms with van der Waals surface area (Å²) < 4.78 is 4.98. The van der Waals surface area contributed by atoms with Crippen molar-refractivity contribution in [2.75, 3.05) is 13.2 Å². The first-order chi connectivity index (χ1) is 11.3. The number of hydrogen-bond donors (Lipinski definition) is 8. The molecule has 0 fully saturated rings. The van der Waals surface area contributed by atoms with Crippen LogP contribution >= 0.6 is 0 Å². The van der Waals surface area contributed by atoms with Gasteiger partial charge in [0.1, 0.15) is 42.2 Å². The average molecular weight is 350 g/mol. The zero-order valence-corrected chi connectivity index (χ0v) is 12.6. The van der Waals surface area contributed by atoms with Gasteiger partial charge in [-0.2, -0.15) is 0 Å². The molecule has 0 amide bonds. The van der Waals surface area contributed by atoms with Crippen molar-refractivity contribution in [3.8, 4) is 0 Å². The second-order valence-electron chi connectivity index (χ2n) is 5.31. The molecule has 0 spiro atoms. The molecule has 0 saturated heterocycles. The zero-order valence-electron chi connectivity index (χ0n) is 12.6. The number of Topliss-reactive ketones (excluding diaryl/α,β-unsaturated/α-hetero) is 1. The van der Waals surface area contributed by atoms with Crippen LogP contribution in [-0.2, 0) is 4.79 Å². The van der Waals surface area contributed by atoms with Gasteiger partial charge in [0.15, 0.2) is 5.78 Å². The van der Waals surface area contributed by atoms with E-state index in [1.54, 1.807) is 0 Å². The van der Waals surface area contributed by atoms with E-state index < -0.39 is 61.5 Å². The SMILES string of the molecule is O=C(C(c1ccco1)C(O)C(O)C(O)CO)[C@@H](O)[C@H](O)[C@@H](O)CO. The lowest BCUT2D eigenvalue weighted by Gasteiger charge is -2.29. The summed E-state index contributed by atoms with van der Waals surface area (Å²) in [6.45, 7) is -1.82. The third kappa shape index (κ3) is 4.59. The van der Waals surface area contributed by atoms with Gasteiger partial charge < -0.3 is 45.3 Å². The minimum absolute atomic E-state index is 0.179. The molecule has 7 atom stereocenters. The molecule has 0 aliphatic heterocycles. The van der Waals surface area contributed by atoms with Crippen LogP contribution in [-0.4, -0.2) is 96.5 Å². The molecule has 0 aliphatic carbocycles. The van der Waals surface area contributed by atoms with Crippen LogP contribution in [0.5, 0.6) is 0 Å². The highest BCUT2D eigenvalue weighted by atomic mass is 16.4. The summed E-state index contributed by atoms with van der Waals surface area (Å²) in [7, 11) is 0. The maximum absolute atomic E-state index is 12.4. The third-order valence-electron chi connectivity index (χ3n) is 3.63. The van der Waals surface area contributed by atoms with Crippen molar-refractivity contribution in [1.82, 2.24) is 0 Å². The number of carbonyl (C=O) groups is 1. The van der Waals surface area contributed by atoms with Crippen molar-refractivity contribution in [2.45, 2.75) is 42.5 Å². The fourth-order valence-electron chi connectivity index (χ4n) is 2.15. The fraction of sp³-hybridized carbons (Fsp3) is 0.643. The smallest absolute Gasteiger partial charge is 0.177 e. The first kappa shape index (κ1) is 20.7. The predicted octanol–water partition coefficient (Wildman–Crippen LogP) is -3.92. The zero-order chi connectivity index (χ0) is 18.4. The van der Waals surface area contributed by atoms with E-state index in [-0.39, 0.29) is 5.76 Å². The number of furan rings is 1. The minimum Gasteiger partial charge on any atom is -0.468 e. The van der Waals surface area contributed by atoms with Crippen LogP contribution in [0, 0.1) is 0 Å². The van der Waals surface area contributed by atoms with Crippen LogP contribution in [0.25, 0.3) is 0 Å². The highest BCUT2D eigenvalue weighted by Gasteiger charge is 2.43. The summed E-state index contributed by atoms with van der Waals surface area (Å²) in [6, 6.07) is 2.62. The predicted molar refractivity (Wildman–Crippen MR) is 76.7 cm³/mol. The molecule has 4 unspecified atom stereocenters. The van der Waals surface area contributed by atoms with Gasteiger partial charge in [0.2, 0.25) is 0 Å². The second-order valence-corrected chi connectivity index (χ2v) is 5.31. The summed E-state index contributed by atoms with van der Waals surface area (Å²) in [5.41, 5.74) is 0. The van der Waals surface area contributed by atoms with E-state index in [4.69, 9.17) is 14.6 Å². The van der Waals surface area contributed by atoms with E-state index in [0.29, 0.717) is 0 Å². The third-order valence-corrected chi connectivity index (χ3v) is 3.63. The Hall–Kier alpha value is -1.37. The number of hydrogen-bond acceptors (Lipinski definition) is 10. The van der Waals surface area contributed by atoms with E-state index in [1.165, 1.54) is 12.1 Å². The van der Waals surface area contributed by atoms with Crippen molar-refractivity contribution in [3.05, 3.63) is 24.2 Å². The number of carbonyl (C=O) groups excluding carboxylic acids is 1. The molecular formula is C14H22O10. The molecule has 1 heterocycles. The highest BCUT2D eigenvalue weighted by Crippen LogP contribution is 2.27. The molecule has 138 valence electrons. The quantitative estimate of drug-likeness (QED) is 0.207. The van der Waals surface area contributed by atoms with Gasteiger partial charge in [0, 0.05) is 0 Å². The largest absolute Gasteiger partial charge is 0.468 e. The molecule has 0 aromatic carbocycles. The summed E-state index contributed by atoms with van der Waals surface area (Å²) in [4.78, 5) is 12.4. The van der Waals surface area contributed by atoms with E-state index in [1.807, 2.05) is 0 Å². The molecule has 1 aromatic rings. The number of rotatable bonds is 10. The van der Waals surface area contributed by atoms with Crippen molar-refractivity contribution in [2.24, 2.45) is 0 Å². The first-order valence-electron chi connectivity index (χ1n) is 7.13. The Morgan fingerprint density at radius 1 is 0.917 bits per heavy atom. The molecule has 10 heteroatoms.